The third-order valence-electron chi connectivity index (χ3n) is 1.86. The molecule has 0 radical (unpaired) electrons. The summed E-state index contributed by atoms with van der Waals surface area (Å²) in [6.07, 6.45) is 1.95. The highest BCUT2D eigenvalue weighted by Gasteiger charge is 2.06. The molecular weight excluding hydrogens is 262 g/mol. The largest absolute Gasteiger partial charge is 0.213 e. The van der Waals surface area contributed by atoms with Gasteiger partial charge >= 0.3 is 0 Å². The molecule has 0 aliphatic rings. The van der Waals surface area contributed by atoms with Gasteiger partial charge in [0.1, 0.15) is 4.60 Å². The molecule has 2 aromatic heterocycles. The van der Waals surface area contributed by atoms with Crippen molar-refractivity contribution < 1.29 is 0 Å². The Morgan fingerprint density at radius 3 is 2.79 bits per heavy atom. The Hall–Kier alpha value is -0.680. The van der Waals surface area contributed by atoms with E-state index in [2.05, 4.69) is 39.9 Å². The van der Waals surface area contributed by atoms with Gasteiger partial charge in [0.05, 0.1) is 5.69 Å². The molecule has 0 aromatic carbocycles. The van der Waals surface area contributed by atoms with E-state index in [-0.39, 0.29) is 0 Å². The normalized spacial score (nSPS) is 11.1. The number of aromatic nitrogens is 3. The first-order valence-electron chi connectivity index (χ1n) is 4.34. The standard InChI is InChI=1S/C9H10BrN3S/c1-6(2)7-3-4-13(12-7)9-11-8(10)5-14-9/h3-6H,1-2H3. The van der Waals surface area contributed by atoms with E-state index in [1.165, 1.54) is 0 Å². The van der Waals surface area contributed by atoms with Crippen LogP contribution in [0.15, 0.2) is 22.2 Å². The first-order valence-corrected chi connectivity index (χ1v) is 6.01. The Balaban J connectivity index is 2.33. The molecule has 0 saturated heterocycles. The summed E-state index contributed by atoms with van der Waals surface area (Å²) in [7, 11) is 0. The van der Waals surface area contributed by atoms with Gasteiger partial charge in [-0.2, -0.15) is 5.10 Å². The van der Waals surface area contributed by atoms with Crippen LogP contribution in [0.3, 0.4) is 0 Å². The summed E-state index contributed by atoms with van der Waals surface area (Å²) in [5.41, 5.74) is 1.09. The number of halogens is 1. The Morgan fingerprint density at radius 2 is 2.29 bits per heavy atom. The van der Waals surface area contributed by atoms with E-state index in [1.54, 1.807) is 11.3 Å². The van der Waals surface area contributed by atoms with E-state index in [0.717, 1.165) is 15.4 Å². The molecule has 3 nitrogen and oxygen atoms in total. The van der Waals surface area contributed by atoms with Crippen molar-refractivity contribution in [1.82, 2.24) is 14.8 Å². The van der Waals surface area contributed by atoms with Gasteiger partial charge in [-0.1, -0.05) is 13.8 Å². The zero-order chi connectivity index (χ0) is 10.1. The van der Waals surface area contributed by atoms with Gasteiger partial charge in [-0.05, 0) is 27.9 Å². The van der Waals surface area contributed by atoms with E-state index in [1.807, 2.05) is 22.3 Å². The van der Waals surface area contributed by atoms with Crippen LogP contribution < -0.4 is 0 Å². The Kier molecular flexibility index (Phi) is 2.69. The van der Waals surface area contributed by atoms with Crippen LogP contribution in [0.2, 0.25) is 0 Å². The third-order valence-corrected chi connectivity index (χ3v) is 3.40. The molecule has 2 aromatic rings. The molecule has 0 bridgehead atoms. The van der Waals surface area contributed by atoms with Gasteiger partial charge < -0.3 is 0 Å². The topological polar surface area (TPSA) is 30.7 Å². The molecule has 0 spiro atoms. The van der Waals surface area contributed by atoms with Gasteiger partial charge in [-0.15, -0.1) is 11.3 Å². The molecule has 0 aliphatic carbocycles. The third kappa shape index (κ3) is 1.88. The predicted octanol–water partition coefficient (Wildman–Crippen LogP) is 3.21. The summed E-state index contributed by atoms with van der Waals surface area (Å²) in [6, 6.07) is 2.03. The molecule has 0 saturated carbocycles. The highest BCUT2D eigenvalue weighted by molar-refractivity contribution is 9.10. The maximum atomic E-state index is 4.44. The minimum atomic E-state index is 0.458. The molecule has 5 heteroatoms. The van der Waals surface area contributed by atoms with Crippen molar-refractivity contribution in [3.05, 3.63) is 27.9 Å². The molecule has 2 rings (SSSR count). The first kappa shape index (κ1) is 9.86. The molecular formula is C9H10BrN3S. The number of rotatable bonds is 2. The van der Waals surface area contributed by atoms with Gasteiger partial charge in [0.15, 0.2) is 0 Å². The lowest BCUT2D eigenvalue weighted by Gasteiger charge is -1.97. The SMILES string of the molecule is CC(C)c1ccn(-c2nc(Br)cs2)n1. The maximum Gasteiger partial charge on any atom is 0.211 e. The minimum Gasteiger partial charge on any atom is -0.213 e. The van der Waals surface area contributed by atoms with Crippen LogP contribution in [0.25, 0.3) is 5.13 Å². The number of hydrogen-bond donors (Lipinski definition) is 0. The number of hydrogen-bond acceptors (Lipinski definition) is 3. The van der Waals surface area contributed by atoms with E-state index in [9.17, 15) is 0 Å². The summed E-state index contributed by atoms with van der Waals surface area (Å²) in [6.45, 7) is 4.26. The zero-order valence-corrected chi connectivity index (χ0v) is 10.3. The first-order chi connectivity index (χ1) is 6.66. The molecule has 0 fully saturated rings. The lowest BCUT2D eigenvalue weighted by atomic mass is 10.1. The highest BCUT2D eigenvalue weighted by atomic mass is 79.9. The number of nitrogens with zero attached hydrogens (tertiary/aromatic N) is 3. The van der Waals surface area contributed by atoms with Crippen LogP contribution >= 0.6 is 27.3 Å². The second-order valence-corrected chi connectivity index (χ2v) is 4.94. The Bertz CT molecular complexity index is 433. The van der Waals surface area contributed by atoms with Crippen molar-refractivity contribution in [2.75, 3.05) is 0 Å². The van der Waals surface area contributed by atoms with Gasteiger partial charge in [0.2, 0.25) is 5.13 Å². The highest BCUT2D eigenvalue weighted by Crippen LogP contribution is 2.19. The van der Waals surface area contributed by atoms with Crippen LogP contribution in [0, 0.1) is 0 Å². The summed E-state index contributed by atoms with van der Waals surface area (Å²) >= 11 is 4.89. The molecule has 0 aliphatic heterocycles. The van der Waals surface area contributed by atoms with Gasteiger partial charge in [0.25, 0.3) is 0 Å². The molecule has 74 valence electrons. The average molecular weight is 272 g/mol. The van der Waals surface area contributed by atoms with Gasteiger partial charge in [-0.3, -0.25) is 0 Å². The van der Waals surface area contributed by atoms with Crippen molar-refractivity contribution in [3.63, 3.8) is 0 Å². The van der Waals surface area contributed by atoms with Gasteiger partial charge in [0, 0.05) is 11.6 Å². The average Bonchev–Trinajstić information content (AvgIpc) is 2.70. The summed E-state index contributed by atoms with van der Waals surface area (Å²) < 4.78 is 2.67. The fourth-order valence-electron chi connectivity index (χ4n) is 1.10. The predicted molar refractivity (Wildman–Crippen MR) is 61.0 cm³/mol. The second-order valence-electron chi connectivity index (χ2n) is 3.29. The van der Waals surface area contributed by atoms with Crippen molar-refractivity contribution in [3.8, 4) is 5.13 Å². The Labute approximate surface area is 94.9 Å². The van der Waals surface area contributed by atoms with Crippen LogP contribution in [0.1, 0.15) is 25.5 Å². The van der Waals surface area contributed by atoms with Crippen LogP contribution in [-0.2, 0) is 0 Å². The van der Waals surface area contributed by atoms with Crippen molar-refractivity contribution >= 4 is 27.3 Å². The maximum absolute atomic E-state index is 4.44. The number of thiazole rings is 1. The minimum absolute atomic E-state index is 0.458. The fourth-order valence-corrected chi connectivity index (χ4v) is 2.28. The second kappa shape index (κ2) is 3.82. The van der Waals surface area contributed by atoms with Gasteiger partial charge in [-0.25, -0.2) is 9.67 Å². The Morgan fingerprint density at radius 1 is 1.50 bits per heavy atom. The van der Waals surface area contributed by atoms with E-state index in [0.29, 0.717) is 5.92 Å². The summed E-state index contributed by atoms with van der Waals surface area (Å²) in [4.78, 5) is 4.29. The smallest absolute Gasteiger partial charge is 0.211 e. The lowest BCUT2D eigenvalue weighted by molar-refractivity contribution is 0.765. The molecule has 0 atom stereocenters. The van der Waals surface area contributed by atoms with E-state index in [4.69, 9.17) is 0 Å². The lowest BCUT2D eigenvalue weighted by Crippen LogP contribution is -1.96. The molecule has 0 N–H and O–H groups in total. The molecule has 14 heavy (non-hydrogen) atoms. The summed E-state index contributed by atoms with van der Waals surface area (Å²) in [5.74, 6) is 0.458. The van der Waals surface area contributed by atoms with Crippen molar-refractivity contribution in [2.45, 2.75) is 19.8 Å². The van der Waals surface area contributed by atoms with Crippen LogP contribution in [0.4, 0.5) is 0 Å². The van der Waals surface area contributed by atoms with Crippen LogP contribution in [-0.4, -0.2) is 14.8 Å². The van der Waals surface area contributed by atoms with Crippen molar-refractivity contribution in [1.29, 1.82) is 0 Å². The van der Waals surface area contributed by atoms with E-state index >= 15 is 0 Å². The molecule has 2 heterocycles. The van der Waals surface area contributed by atoms with Crippen molar-refractivity contribution in [2.24, 2.45) is 0 Å². The van der Waals surface area contributed by atoms with E-state index < -0.39 is 0 Å². The zero-order valence-electron chi connectivity index (χ0n) is 7.94. The summed E-state index contributed by atoms with van der Waals surface area (Å²) in [5, 5.41) is 7.28. The quantitative estimate of drug-likeness (QED) is 0.840. The molecule has 0 unspecified atom stereocenters. The fraction of sp³-hybridized carbons (Fsp3) is 0.333. The molecule has 0 amide bonds. The van der Waals surface area contributed by atoms with Crippen LogP contribution in [0.5, 0.6) is 0 Å². The monoisotopic (exact) mass is 271 g/mol.